The van der Waals surface area contributed by atoms with Crippen molar-refractivity contribution in [3.8, 4) is 11.5 Å². The van der Waals surface area contributed by atoms with Crippen LogP contribution in [0.2, 0.25) is 0 Å². The maximum Gasteiger partial charge on any atom is 0.317 e. The Morgan fingerprint density at radius 1 is 1.24 bits per heavy atom. The van der Waals surface area contributed by atoms with Crippen molar-refractivity contribution in [2.24, 2.45) is 0 Å². The number of likely N-dealkylation sites (tertiary alicyclic amines) is 1. The van der Waals surface area contributed by atoms with E-state index in [0.717, 1.165) is 35.0 Å². The third kappa shape index (κ3) is 5.85. The number of hydrogen-bond acceptors (Lipinski definition) is 5. The number of thiazole rings is 1. The van der Waals surface area contributed by atoms with Crippen molar-refractivity contribution in [2.75, 3.05) is 19.7 Å². The molecule has 0 radical (unpaired) electrons. The molecule has 158 valence electrons. The fourth-order valence-corrected chi connectivity index (χ4v) is 4.10. The first-order valence-corrected chi connectivity index (χ1v) is 11.1. The van der Waals surface area contributed by atoms with Crippen molar-refractivity contribution in [1.29, 1.82) is 0 Å². The highest BCUT2D eigenvalue weighted by atomic mass is 32.1. The van der Waals surface area contributed by atoms with Crippen LogP contribution in [-0.4, -0.2) is 41.7 Å². The Kier molecular flexibility index (Phi) is 7.00. The minimum absolute atomic E-state index is 0.0373. The number of nitrogens with one attached hydrogen (secondary N) is 1. The topological polar surface area (TPSA) is 63.7 Å². The molecule has 1 saturated heterocycles. The van der Waals surface area contributed by atoms with Crippen LogP contribution in [0.5, 0.6) is 11.5 Å². The van der Waals surface area contributed by atoms with Crippen LogP contribution in [0, 0.1) is 0 Å². The Bertz CT molecular complexity index is 808. The van der Waals surface area contributed by atoms with E-state index in [4.69, 9.17) is 9.47 Å². The molecule has 0 atom stereocenters. The first-order valence-electron chi connectivity index (χ1n) is 10.2. The number of benzene rings is 1. The van der Waals surface area contributed by atoms with E-state index >= 15 is 0 Å². The smallest absolute Gasteiger partial charge is 0.317 e. The first kappa shape index (κ1) is 21.4. The average molecular weight is 418 g/mol. The van der Waals surface area contributed by atoms with E-state index in [-0.39, 0.29) is 17.6 Å². The zero-order chi connectivity index (χ0) is 20.9. The highest BCUT2D eigenvalue weighted by molar-refractivity contribution is 7.09. The third-order valence-corrected chi connectivity index (χ3v) is 6.10. The van der Waals surface area contributed by atoms with Gasteiger partial charge in [-0.15, -0.1) is 11.3 Å². The Morgan fingerprint density at radius 2 is 1.93 bits per heavy atom. The maximum absolute atomic E-state index is 12.5. The lowest BCUT2D eigenvalue weighted by Crippen LogP contribution is -2.46. The second-order valence-electron chi connectivity index (χ2n) is 8.24. The van der Waals surface area contributed by atoms with E-state index in [1.807, 2.05) is 41.5 Å². The number of carbonyl (C=O) groups excluding carboxylic acids is 1. The van der Waals surface area contributed by atoms with Crippen molar-refractivity contribution >= 4 is 17.4 Å². The molecule has 0 unspecified atom stereocenters. The fourth-order valence-electron chi connectivity index (χ4n) is 3.19. The second kappa shape index (κ2) is 9.48. The van der Waals surface area contributed by atoms with Crippen molar-refractivity contribution in [3.63, 3.8) is 0 Å². The summed E-state index contributed by atoms with van der Waals surface area (Å²) in [7, 11) is 0. The summed E-state index contributed by atoms with van der Waals surface area (Å²) < 4.78 is 11.8. The van der Waals surface area contributed by atoms with E-state index < -0.39 is 0 Å². The Balaban J connectivity index is 1.45. The standard InChI is InChI=1S/C22H31N3O3S/c1-5-27-18-8-6-7-9-19(18)28-17-10-12-25(13-11-17)21(26)23-14-16-15-29-20(24-16)22(2,3)4/h6-9,15,17H,5,10-14H2,1-4H3,(H,23,26). The van der Waals surface area contributed by atoms with E-state index in [1.165, 1.54) is 0 Å². The zero-order valence-corrected chi connectivity index (χ0v) is 18.6. The van der Waals surface area contributed by atoms with Gasteiger partial charge in [-0.1, -0.05) is 32.9 Å². The highest BCUT2D eigenvalue weighted by Gasteiger charge is 2.25. The van der Waals surface area contributed by atoms with Crippen LogP contribution in [0.4, 0.5) is 4.79 Å². The molecule has 0 spiro atoms. The van der Waals surface area contributed by atoms with Gasteiger partial charge in [0.2, 0.25) is 0 Å². The number of urea groups is 1. The van der Waals surface area contributed by atoms with Crippen LogP contribution in [0.25, 0.3) is 0 Å². The summed E-state index contributed by atoms with van der Waals surface area (Å²) in [6.45, 7) is 10.8. The molecule has 1 aromatic carbocycles. The molecule has 1 aliphatic heterocycles. The molecular weight excluding hydrogens is 386 g/mol. The van der Waals surface area contributed by atoms with Crippen molar-refractivity contribution < 1.29 is 14.3 Å². The number of carbonyl (C=O) groups is 1. The van der Waals surface area contributed by atoms with Gasteiger partial charge in [0.25, 0.3) is 0 Å². The molecule has 3 rings (SSSR count). The monoisotopic (exact) mass is 417 g/mol. The predicted octanol–water partition coefficient (Wildman–Crippen LogP) is 4.59. The molecule has 2 amide bonds. The molecule has 0 bridgehead atoms. The van der Waals surface area contributed by atoms with Gasteiger partial charge in [-0.2, -0.15) is 0 Å². The van der Waals surface area contributed by atoms with Gasteiger partial charge < -0.3 is 19.7 Å². The number of nitrogens with zero attached hydrogens (tertiary/aromatic N) is 2. The zero-order valence-electron chi connectivity index (χ0n) is 17.7. The molecule has 2 aromatic rings. The summed E-state index contributed by atoms with van der Waals surface area (Å²) in [5, 5.41) is 6.11. The summed E-state index contributed by atoms with van der Waals surface area (Å²) in [5.41, 5.74) is 0.953. The van der Waals surface area contributed by atoms with Gasteiger partial charge in [0.05, 0.1) is 23.9 Å². The number of piperidine rings is 1. The molecular formula is C22H31N3O3S. The summed E-state index contributed by atoms with van der Waals surface area (Å²) >= 11 is 1.65. The van der Waals surface area contributed by atoms with Gasteiger partial charge in [0, 0.05) is 36.7 Å². The quantitative estimate of drug-likeness (QED) is 0.746. The number of amides is 2. The van der Waals surface area contributed by atoms with Gasteiger partial charge in [-0.05, 0) is 19.1 Å². The lowest BCUT2D eigenvalue weighted by atomic mass is 9.98. The average Bonchev–Trinajstić information content (AvgIpc) is 3.18. The molecule has 6 nitrogen and oxygen atoms in total. The van der Waals surface area contributed by atoms with Gasteiger partial charge >= 0.3 is 6.03 Å². The van der Waals surface area contributed by atoms with Crippen LogP contribution < -0.4 is 14.8 Å². The highest BCUT2D eigenvalue weighted by Crippen LogP contribution is 2.29. The van der Waals surface area contributed by atoms with Gasteiger partial charge in [0.15, 0.2) is 11.5 Å². The Hall–Kier alpha value is -2.28. The molecule has 1 aromatic heterocycles. The molecule has 1 N–H and O–H groups in total. The Morgan fingerprint density at radius 3 is 2.55 bits per heavy atom. The summed E-state index contributed by atoms with van der Waals surface area (Å²) in [6, 6.07) is 7.71. The third-order valence-electron chi connectivity index (χ3n) is 4.79. The minimum atomic E-state index is -0.0384. The molecule has 2 heterocycles. The summed E-state index contributed by atoms with van der Waals surface area (Å²) in [4.78, 5) is 19.0. The van der Waals surface area contributed by atoms with Gasteiger partial charge in [-0.3, -0.25) is 0 Å². The van der Waals surface area contributed by atoms with Crippen LogP contribution >= 0.6 is 11.3 Å². The van der Waals surface area contributed by atoms with E-state index in [1.54, 1.807) is 11.3 Å². The van der Waals surface area contributed by atoms with E-state index in [0.29, 0.717) is 26.2 Å². The van der Waals surface area contributed by atoms with Crippen LogP contribution in [-0.2, 0) is 12.0 Å². The molecule has 0 saturated carbocycles. The largest absolute Gasteiger partial charge is 0.490 e. The van der Waals surface area contributed by atoms with Crippen LogP contribution in [0.1, 0.15) is 51.2 Å². The second-order valence-corrected chi connectivity index (χ2v) is 9.09. The number of para-hydroxylation sites is 2. The molecule has 1 fully saturated rings. The number of hydrogen-bond donors (Lipinski definition) is 1. The van der Waals surface area contributed by atoms with E-state index in [9.17, 15) is 4.79 Å². The van der Waals surface area contributed by atoms with Gasteiger partial charge in [-0.25, -0.2) is 9.78 Å². The SMILES string of the molecule is CCOc1ccccc1OC1CCN(C(=O)NCc2csc(C(C)(C)C)n2)CC1. The molecule has 7 heteroatoms. The molecule has 1 aliphatic rings. The maximum atomic E-state index is 12.5. The summed E-state index contributed by atoms with van der Waals surface area (Å²) in [5.74, 6) is 1.54. The predicted molar refractivity (Wildman–Crippen MR) is 116 cm³/mol. The van der Waals surface area contributed by atoms with Crippen LogP contribution in [0.3, 0.4) is 0 Å². The van der Waals surface area contributed by atoms with E-state index in [2.05, 4.69) is 31.1 Å². The molecule has 0 aliphatic carbocycles. The fraction of sp³-hybridized carbons (Fsp3) is 0.545. The van der Waals surface area contributed by atoms with Crippen molar-refractivity contribution in [3.05, 3.63) is 40.3 Å². The summed E-state index contributed by atoms with van der Waals surface area (Å²) in [6.07, 6.45) is 1.70. The van der Waals surface area contributed by atoms with Crippen molar-refractivity contribution in [1.82, 2.24) is 15.2 Å². The van der Waals surface area contributed by atoms with Gasteiger partial charge in [0.1, 0.15) is 6.10 Å². The lowest BCUT2D eigenvalue weighted by molar-refractivity contribution is 0.107. The Labute approximate surface area is 177 Å². The minimum Gasteiger partial charge on any atom is -0.490 e. The lowest BCUT2D eigenvalue weighted by Gasteiger charge is -2.32. The number of rotatable bonds is 6. The molecule has 29 heavy (non-hydrogen) atoms. The number of ether oxygens (including phenoxy) is 2. The normalized spacial score (nSPS) is 15.2. The van der Waals surface area contributed by atoms with Crippen molar-refractivity contribution in [2.45, 2.75) is 58.6 Å². The number of aromatic nitrogens is 1. The van der Waals surface area contributed by atoms with Crippen LogP contribution in [0.15, 0.2) is 29.6 Å². The first-order chi connectivity index (χ1) is 13.9.